The predicted molar refractivity (Wildman–Crippen MR) is 118 cm³/mol. The number of methoxy groups -OCH3 is 1. The van der Waals surface area contributed by atoms with Crippen LogP contribution in [0.2, 0.25) is 0 Å². The van der Waals surface area contributed by atoms with Gasteiger partial charge in [-0.3, -0.25) is 4.79 Å². The van der Waals surface area contributed by atoms with Gasteiger partial charge in [-0.15, -0.1) is 0 Å². The molecule has 152 valence electrons. The van der Waals surface area contributed by atoms with Crippen molar-refractivity contribution in [3.05, 3.63) is 108 Å². The zero-order chi connectivity index (χ0) is 21.2. The number of hydrogen-bond acceptors (Lipinski definition) is 4. The number of ether oxygens (including phenoxy) is 1. The van der Waals surface area contributed by atoms with Crippen LogP contribution in [0, 0.1) is 0 Å². The van der Waals surface area contributed by atoms with Crippen molar-refractivity contribution in [1.82, 2.24) is 24.1 Å². The van der Waals surface area contributed by atoms with E-state index in [1.807, 2.05) is 77.6 Å². The van der Waals surface area contributed by atoms with Crippen molar-refractivity contribution >= 4 is 0 Å². The summed E-state index contributed by atoms with van der Waals surface area (Å²) in [5.41, 5.74) is 3.29. The van der Waals surface area contributed by atoms with Gasteiger partial charge >= 0.3 is 0 Å². The van der Waals surface area contributed by atoms with Gasteiger partial charge in [0.15, 0.2) is 5.69 Å². The van der Waals surface area contributed by atoms with Gasteiger partial charge in [-0.2, -0.15) is 10.2 Å². The molecule has 0 atom stereocenters. The highest BCUT2D eigenvalue weighted by Gasteiger charge is 2.15. The van der Waals surface area contributed by atoms with Crippen molar-refractivity contribution in [2.24, 2.45) is 0 Å². The van der Waals surface area contributed by atoms with Crippen molar-refractivity contribution in [1.29, 1.82) is 0 Å². The quantitative estimate of drug-likeness (QED) is 0.442. The zero-order valence-corrected chi connectivity index (χ0v) is 16.8. The van der Waals surface area contributed by atoms with Gasteiger partial charge in [0.1, 0.15) is 11.4 Å². The molecule has 31 heavy (non-hydrogen) atoms. The average molecular weight is 409 g/mol. The lowest BCUT2D eigenvalue weighted by Crippen LogP contribution is -2.15. The predicted octanol–water partition coefficient (Wildman–Crippen LogP) is 3.88. The molecule has 7 heteroatoms. The number of para-hydroxylation sites is 1. The van der Waals surface area contributed by atoms with E-state index in [0.717, 1.165) is 17.1 Å². The van der Waals surface area contributed by atoms with E-state index in [0.29, 0.717) is 17.1 Å². The first kappa shape index (κ1) is 18.6. The van der Waals surface area contributed by atoms with Crippen LogP contribution in [0.15, 0.2) is 102 Å². The SMILES string of the molecule is COc1cc(-n2cccc2)ccc1-n1ccc(=O)c(-c2ccnn2-c2ccccc2)n1. The Morgan fingerprint density at radius 2 is 1.65 bits per heavy atom. The molecule has 2 aromatic carbocycles. The molecule has 0 aliphatic rings. The van der Waals surface area contributed by atoms with E-state index in [1.165, 1.54) is 6.07 Å². The molecule has 0 fully saturated rings. The van der Waals surface area contributed by atoms with Gasteiger partial charge in [0, 0.05) is 36.4 Å². The van der Waals surface area contributed by atoms with Crippen LogP contribution in [-0.2, 0) is 0 Å². The van der Waals surface area contributed by atoms with E-state index in [4.69, 9.17) is 4.74 Å². The summed E-state index contributed by atoms with van der Waals surface area (Å²) in [4.78, 5) is 12.7. The lowest BCUT2D eigenvalue weighted by molar-refractivity contribution is 0.411. The fourth-order valence-electron chi connectivity index (χ4n) is 3.50. The lowest BCUT2D eigenvalue weighted by atomic mass is 10.2. The van der Waals surface area contributed by atoms with Gasteiger partial charge in [-0.1, -0.05) is 18.2 Å². The Morgan fingerprint density at radius 1 is 0.839 bits per heavy atom. The molecule has 0 saturated heterocycles. The standard InChI is InChI=1S/C24H19N5O2/c1-31-23-17-19(27-14-5-6-15-27)9-10-20(23)28-16-12-22(30)24(26-28)21-11-13-25-29(21)18-7-3-2-4-8-18/h2-17H,1H3. The van der Waals surface area contributed by atoms with E-state index in [1.54, 1.807) is 34.9 Å². The summed E-state index contributed by atoms with van der Waals surface area (Å²) in [6.07, 6.45) is 7.24. The molecular formula is C24H19N5O2. The van der Waals surface area contributed by atoms with Crippen LogP contribution in [0.25, 0.3) is 28.5 Å². The number of benzene rings is 2. The Kier molecular flexibility index (Phi) is 4.68. The van der Waals surface area contributed by atoms with Crippen molar-refractivity contribution in [2.45, 2.75) is 0 Å². The van der Waals surface area contributed by atoms with Gasteiger partial charge < -0.3 is 9.30 Å². The van der Waals surface area contributed by atoms with E-state index in [9.17, 15) is 4.79 Å². The van der Waals surface area contributed by atoms with Gasteiger partial charge in [-0.05, 0) is 42.5 Å². The van der Waals surface area contributed by atoms with Crippen LogP contribution in [0.1, 0.15) is 0 Å². The minimum absolute atomic E-state index is 0.183. The molecule has 5 rings (SSSR count). The van der Waals surface area contributed by atoms with Crippen molar-refractivity contribution in [2.75, 3.05) is 7.11 Å². The average Bonchev–Trinajstić information content (AvgIpc) is 3.52. The number of aromatic nitrogens is 5. The van der Waals surface area contributed by atoms with Crippen LogP contribution in [0.4, 0.5) is 0 Å². The summed E-state index contributed by atoms with van der Waals surface area (Å²) in [7, 11) is 1.62. The minimum atomic E-state index is -0.183. The maximum absolute atomic E-state index is 12.7. The highest BCUT2D eigenvalue weighted by molar-refractivity contribution is 5.58. The molecule has 0 saturated carbocycles. The zero-order valence-electron chi connectivity index (χ0n) is 16.8. The lowest BCUT2D eigenvalue weighted by Gasteiger charge is -2.14. The first-order chi connectivity index (χ1) is 15.2. The molecule has 3 heterocycles. The van der Waals surface area contributed by atoms with Crippen LogP contribution >= 0.6 is 0 Å². The summed E-state index contributed by atoms with van der Waals surface area (Å²) in [5.74, 6) is 0.643. The maximum atomic E-state index is 12.7. The Morgan fingerprint density at radius 3 is 2.42 bits per heavy atom. The van der Waals surface area contributed by atoms with E-state index < -0.39 is 0 Å². The molecule has 0 amide bonds. The van der Waals surface area contributed by atoms with E-state index in [-0.39, 0.29) is 5.43 Å². The minimum Gasteiger partial charge on any atom is -0.494 e. The summed E-state index contributed by atoms with van der Waals surface area (Å²) >= 11 is 0. The normalized spacial score (nSPS) is 10.9. The maximum Gasteiger partial charge on any atom is 0.209 e. The highest BCUT2D eigenvalue weighted by atomic mass is 16.5. The number of rotatable bonds is 5. The number of hydrogen-bond donors (Lipinski definition) is 0. The molecule has 0 spiro atoms. The topological polar surface area (TPSA) is 66.9 Å². The third-order valence-electron chi connectivity index (χ3n) is 5.01. The molecule has 0 aliphatic heterocycles. The molecule has 0 aliphatic carbocycles. The second kappa shape index (κ2) is 7.79. The third kappa shape index (κ3) is 3.42. The first-order valence-corrected chi connectivity index (χ1v) is 9.76. The first-order valence-electron chi connectivity index (χ1n) is 9.76. The Labute approximate surface area is 178 Å². The Hall–Kier alpha value is -4.39. The summed E-state index contributed by atoms with van der Waals surface area (Å²) < 4.78 is 11.0. The molecule has 7 nitrogen and oxygen atoms in total. The molecule has 5 aromatic rings. The smallest absolute Gasteiger partial charge is 0.209 e. The van der Waals surface area contributed by atoms with E-state index in [2.05, 4.69) is 10.2 Å². The van der Waals surface area contributed by atoms with Crippen molar-refractivity contribution < 1.29 is 4.74 Å². The molecule has 0 bridgehead atoms. The second-order valence-electron chi connectivity index (χ2n) is 6.88. The molecule has 0 N–H and O–H groups in total. The number of nitrogens with zero attached hydrogens (tertiary/aromatic N) is 5. The van der Waals surface area contributed by atoms with Gasteiger partial charge in [0.05, 0.1) is 24.7 Å². The molecular weight excluding hydrogens is 390 g/mol. The molecule has 0 unspecified atom stereocenters. The van der Waals surface area contributed by atoms with Gasteiger partial charge in [-0.25, -0.2) is 9.36 Å². The Balaban J connectivity index is 1.61. The second-order valence-corrected chi connectivity index (χ2v) is 6.88. The van der Waals surface area contributed by atoms with Crippen molar-refractivity contribution in [3.8, 4) is 34.2 Å². The highest BCUT2D eigenvalue weighted by Crippen LogP contribution is 2.26. The van der Waals surface area contributed by atoms with Crippen LogP contribution < -0.4 is 10.2 Å². The van der Waals surface area contributed by atoms with Crippen LogP contribution in [0.3, 0.4) is 0 Å². The van der Waals surface area contributed by atoms with Crippen molar-refractivity contribution in [3.63, 3.8) is 0 Å². The van der Waals surface area contributed by atoms with Crippen LogP contribution in [-0.4, -0.2) is 31.2 Å². The van der Waals surface area contributed by atoms with Crippen LogP contribution in [0.5, 0.6) is 5.75 Å². The largest absolute Gasteiger partial charge is 0.494 e. The van der Waals surface area contributed by atoms with E-state index >= 15 is 0 Å². The molecule has 0 radical (unpaired) electrons. The summed E-state index contributed by atoms with van der Waals surface area (Å²) in [6, 6.07) is 22.7. The molecule has 3 aromatic heterocycles. The Bertz CT molecular complexity index is 1390. The van der Waals surface area contributed by atoms with Gasteiger partial charge in [0.2, 0.25) is 5.43 Å². The fourth-order valence-corrected chi connectivity index (χ4v) is 3.50. The van der Waals surface area contributed by atoms with Gasteiger partial charge in [0.25, 0.3) is 0 Å². The monoisotopic (exact) mass is 409 g/mol. The fraction of sp³-hybridized carbons (Fsp3) is 0.0417. The third-order valence-corrected chi connectivity index (χ3v) is 5.01. The summed E-state index contributed by atoms with van der Waals surface area (Å²) in [6.45, 7) is 0. The summed E-state index contributed by atoms with van der Waals surface area (Å²) in [5, 5.41) is 9.01.